The van der Waals surface area contributed by atoms with Crippen LogP contribution >= 0.6 is 0 Å². The highest BCUT2D eigenvalue weighted by molar-refractivity contribution is 6.01. The number of anilines is 1. The van der Waals surface area contributed by atoms with Crippen LogP contribution in [0.15, 0.2) is 78.9 Å². The molecule has 1 heterocycles. The number of carbonyl (C=O) groups excluding carboxylic acids is 1. The predicted molar refractivity (Wildman–Crippen MR) is 111 cm³/mol. The number of aryl methyl sites for hydroxylation is 2. The maximum absolute atomic E-state index is 12.8. The molecule has 1 aromatic heterocycles. The lowest BCUT2D eigenvalue weighted by Crippen LogP contribution is -2.14. The third-order valence-electron chi connectivity index (χ3n) is 4.36. The summed E-state index contributed by atoms with van der Waals surface area (Å²) in [7, 11) is 0. The van der Waals surface area contributed by atoms with Gasteiger partial charge < -0.3 is 5.32 Å². The molecule has 0 unspecified atom stereocenters. The summed E-state index contributed by atoms with van der Waals surface area (Å²) in [6, 6.07) is 25.3. The molecule has 0 atom stereocenters. The molecule has 4 aromatic rings. The summed E-state index contributed by atoms with van der Waals surface area (Å²) in [5.74, 6) is 0.414. The van der Waals surface area contributed by atoms with Crippen molar-refractivity contribution in [2.24, 2.45) is 0 Å². The van der Waals surface area contributed by atoms with Crippen LogP contribution in [0.3, 0.4) is 0 Å². The molecule has 0 aliphatic rings. The van der Waals surface area contributed by atoms with E-state index in [4.69, 9.17) is 0 Å². The lowest BCUT2D eigenvalue weighted by molar-refractivity contribution is 0.101. The third kappa shape index (κ3) is 3.69. The molecule has 0 bridgehead atoms. The van der Waals surface area contributed by atoms with E-state index >= 15 is 0 Å². The van der Waals surface area contributed by atoms with Gasteiger partial charge in [0, 0.05) is 11.3 Å². The van der Waals surface area contributed by atoms with E-state index in [9.17, 15) is 4.79 Å². The largest absolute Gasteiger partial charge is 0.319 e. The Balaban J connectivity index is 1.76. The molecule has 5 heteroatoms. The molecule has 0 radical (unpaired) electrons. The average molecular weight is 368 g/mol. The van der Waals surface area contributed by atoms with Gasteiger partial charge in [-0.15, -0.1) is 5.10 Å². The number of nitrogens with one attached hydrogen (secondary N) is 1. The smallest absolute Gasteiger partial charge is 0.295 e. The zero-order valence-electron chi connectivity index (χ0n) is 15.8. The van der Waals surface area contributed by atoms with Crippen molar-refractivity contribution in [2.45, 2.75) is 13.8 Å². The molecule has 28 heavy (non-hydrogen) atoms. The maximum atomic E-state index is 12.8. The van der Waals surface area contributed by atoms with Crippen molar-refractivity contribution >= 4 is 11.6 Å². The van der Waals surface area contributed by atoms with Crippen LogP contribution in [0, 0.1) is 13.8 Å². The number of benzene rings is 3. The molecule has 5 nitrogen and oxygen atoms in total. The van der Waals surface area contributed by atoms with Crippen molar-refractivity contribution in [3.8, 4) is 17.1 Å². The Morgan fingerprint density at radius 2 is 1.57 bits per heavy atom. The second-order valence-electron chi connectivity index (χ2n) is 6.70. The first-order chi connectivity index (χ1) is 13.6. The van der Waals surface area contributed by atoms with Crippen molar-refractivity contribution in [3.63, 3.8) is 0 Å². The van der Waals surface area contributed by atoms with Gasteiger partial charge in [-0.3, -0.25) is 4.79 Å². The Hall–Kier alpha value is -3.73. The number of nitrogens with zero attached hydrogens (tertiary/aromatic N) is 3. The van der Waals surface area contributed by atoms with Gasteiger partial charge in [-0.05, 0) is 49.2 Å². The summed E-state index contributed by atoms with van der Waals surface area (Å²) in [5.41, 5.74) is 4.66. The summed E-state index contributed by atoms with van der Waals surface area (Å²) < 4.78 is 1.72. The van der Waals surface area contributed by atoms with E-state index in [0.29, 0.717) is 5.82 Å². The van der Waals surface area contributed by atoms with Gasteiger partial charge in [-0.1, -0.05) is 54.6 Å². The first-order valence-corrected chi connectivity index (χ1v) is 9.08. The fourth-order valence-corrected chi connectivity index (χ4v) is 3.03. The first-order valence-electron chi connectivity index (χ1n) is 9.08. The molecule has 0 spiro atoms. The second kappa shape index (κ2) is 7.48. The minimum atomic E-state index is -0.339. The monoisotopic (exact) mass is 368 g/mol. The Bertz CT molecular complexity index is 1130. The summed E-state index contributed by atoms with van der Waals surface area (Å²) in [5, 5.41) is 7.39. The molecular formula is C23H20N4O. The number of aromatic nitrogens is 3. The fraction of sp³-hybridized carbons (Fsp3) is 0.0870. The highest BCUT2D eigenvalue weighted by atomic mass is 16.2. The molecule has 0 fully saturated rings. The zero-order chi connectivity index (χ0) is 19.5. The number of rotatable bonds is 4. The van der Waals surface area contributed by atoms with Crippen molar-refractivity contribution in [2.75, 3.05) is 5.32 Å². The molecule has 1 amide bonds. The first kappa shape index (κ1) is 17.7. The Labute approximate surface area is 163 Å². The highest BCUT2D eigenvalue weighted by Gasteiger charge is 2.19. The van der Waals surface area contributed by atoms with Gasteiger partial charge in [-0.2, -0.15) is 0 Å². The van der Waals surface area contributed by atoms with Crippen LogP contribution in [-0.2, 0) is 0 Å². The third-order valence-corrected chi connectivity index (χ3v) is 4.36. The summed E-state index contributed by atoms with van der Waals surface area (Å²) >= 11 is 0. The van der Waals surface area contributed by atoms with E-state index in [1.54, 1.807) is 4.68 Å². The minimum absolute atomic E-state index is 0.127. The molecule has 138 valence electrons. The normalized spacial score (nSPS) is 10.6. The number of carbonyl (C=O) groups is 1. The number of amides is 1. The van der Waals surface area contributed by atoms with E-state index in [-0.39, 0.29) is 11.7 Å². The van der Waals surface area contributed by atoms with E-state index in [0.717, 1.165) is 28.1 Å². The van der Waals surface area contributed by atoms with Gasteiger partial charge in [0.05, 0.1) is 5.69 Å². The summed E-state index contributed by atoms with van der Waals surface area (Å²) in [4.78, 5) is 17.3. The fourth-order valence-electron chi connectivity index (χ4n) is 3.03. The van der Waals surface area contributed by atoms with Gasteiger partial charge in [-0.25, -0.2) is 9.67 Å². The Morgan fingerprint density at radius 1 is 0.857 bits per heavy atom. The highest BCUT2D eigenvalue weighted by Crippen LogP contribution is 2.22. The second-order valence-corrected chi connectivity index (χ2v) is 6.70. The van der Waals surface area contributed by atoms with Gasteiger partial charge >= 0.3 is 0 Å². The lowest BCUT2D eigenvalue weighted by Gasteiger charge is -2.06. The van der Waals surface area contributed by atoms with E-state index in [1.807, 2.05) is 92.7 Å². The molecule has 1 N–H and O–H groups in total. The average Bonchev–Trinajstić information content (AvgIpc) is 3.14. The Kier molecular flexibility index (Phi) is 4.72. The summed E-state index contributed by atoms with van der Waals surface area (Å²) in [6.45, 7) is 4.00. The van der Waals surface area contributed by atoms with E-state index in [1.165, 1.54) is 0 Å². The van der Waals surface area contributed by atoms with Crippen LogP contribution in [0.1, 0.15) is 21.7 Å². The van der Waals surface area contributed by atoms with E-state index < -0.39 is 0 Å². The molecule has 0 saturated carbocycles. The summed E-state index contributed by atoms with van der Waals surface area (Å²) in [6.07, 6.45) is 0. The van der Waals surface area contributed by atoms with Crippen molar-refractivity contribution in [1.29, 1.82) is 0 Å². The molecule has 0 saturated heterocycles. The minimum Gasteiger partial charge on any atom is -0.319 e. The van der Waals surface area contributed by atoms with Gasteiger partial charge in [0.2, 0.25) is 5.82 Å². The van der Waals surface area contributed by atoms with Gasteiger partial charge in [0.15, 0.2) is 5.82 Å². The van der Waals surface area contributed by atoms with Gasteiger partial charge in [0.25, 0.3) is 5.91 Å². The molecule has 3 aromatic carbocycles. The van der Waals surface area contributed by atoms with Crippen LogP contribution in [-0.4, -0.2) is 20.7 Å². The van der Waals surface area contributed by atoms with Crippen LogP contribution in [0.2, 0.25) is 0 Å². The number of hydrogen-bond donors (Lipinski definition) is 1. The van der Waals surface area contributed by atoms with Crippen LogP contribution < -0.4 is 5.32 Å². The van der Waals surface area contributed by atoms with Crippen molar-refractivity contribution < 1.29 is 4.79 Å². The topological polar surface area (TPSA) is 59.8 Å². The molecular weight excluding hydrogens is 348 g/mol. The Morgan fingerprint density at radius 3 is 2.29 bits per heavy atom. The maximum Gasteiger partial charge on any atom is 0.295 e. The molecule has 0 aliphatic heterocycles. The van der Waals surface area contributed by atoms with Crippen LogP contribution in [0.25, 0.3) is 17.1 Å². The van der Waals surface area contributed by atoms with Crippen molar-refractivity contribution in [1.82, 2.24) is 14.8 Å². The number of hydrogen-bond acceptors (Lipinski definition) is 3. The standard InChI is InChI=1S/C23H20N4O/c1-16-8-6-12-19(14-16)24-23(28)21-25-22(18-10-4-3-5-11-18)27(26-21)20-13-7-9-17(2)15-20/h3-15H,1-2H3,(H,24,28). The SMILES string of the molecule is Cc1cccc(NC(=O)c2nc(-c3ccccc3)n(-c3cccc(C)c3)n2)c1. The lowest BCUT2D eigenvalue weighted by atomic mass is 10.2. The molecule has 0 aliphatic carbocycles. The quantitative estimate of drug-likeness (QED) is 0.563. The van der Waals surface area contributed by atoms with Gasteiger partial charge in [0.1, 0.15) is 0 Å². The van der Waals surface area contributed by atoms with Crippen molar-refractivity contribution in [3.05, 3.63) is 95.8 Å². The van der Waals surface area contributed by atoms with Crippen LogP contribution in [0.5, 0.6) is 0 Å². The zero-order valence-corrected chi connectivity index (χ0v) is 15.8. The van der Waals surface area contributed by atoms with E-state index in [2.05, 4.69) is 15.4 Å². The van der Waals surface area contributed by atoms with Crippen LogP contribution in [0.4, 0.5) is 5.69 Å². The molecule has 4 rings (SSSR count). The predicted octanol–water partition coefficient (Wildman–Crippen LogP) is 4.80.